The molecule has 0 spiro atoms. The Bertz CT molecular complexity index is 783. The summed E-state index contributed by atoms with van der Waals surface area (Å²) in [6.45, 7) is 2.12. The number of rotatable bonds is 5. The fourth-order valence-corrected chi connectivity index (χ4v) is 3.53. The summed E-state index contributed by atoms with van der Waals surface area (Å²) in [7, 11) is -3.50. The standard InChI is InChI=1S/C12H16N4O3S2/c1-7-3-5-16-12-8(7)9(13)10(20-12)11(17)15-4-2-6-21(14,18)19/h3,5H,2,4,6,13H2,1H3,(H,15,17)(H2,14,18,19). The summed E-state index contributed by atoms with van der Waals surface area (Å²) < 4.78 is 21.6. The van der Waals surface area contributed by atoms with Gasteiger partial charge in [0.25, 0.3) is 5.91 Å². The molecule has 0 saturated heterocycles. The second-order valence-electron chi connectivity index (χ2n) is 4.63. The number of nitrogens with two attached hydrogens (primary N) is 2. The molecule has 9 heteroatoms. The number of nitrogen functional groups attached to an aromatic ring is 1. The van der Waals surface area contributed by atoms with E-state index in [2.05, 4.69) is 10.3 Å². The van der Waals surface area contributed by atoms with Gasteiger partial charge < -0.3 is 11.1 Å². The number of thiophene rings is 1. The molecule has 2 heterocycles. The highest BCUT2D eigenvalue weighted by atomic mass is 32.2. The van der Waals surface area contributed by atoms with Gasteiger partial charge in [0.05, 0.1) is 11.4 Å². The van der Waals surface area contributed by atoms with Crippen LogP contribution in [-0.2, 0) is 10.0 Å². The van der Waals surface area contributed by atoms with Crippen LogP contribution in [0.1, 0.15) is 21.7 Å². The predicted molar refractivity (Wildman–Crippen MR) is 83.7 cm³/mol. The maximum Gasteiger partial charge on any atom is 0.263 e. The molecule has 21 heavy (non-hydrogen) atoms. The Kier molecular flexibility index (Phi) is 4.45. The van der Waals surface area contributed by atoms with Gasteiger partial charge in [-0.15, -0.1) is 11.3 Å². The number of pyridine rings is 1. The SMILES string of the molecule is Cc1ccnc2sc(C(=O)NCCCS(N)(=O)=O)c(N)c12. The van der Waals surface area contributed by atoms with E-state index in [0.717, 1.165) is 10.9 Å². The molecule has 0 radical (unpaired) electrons. The first-order chi connectivity index (χ1) is 9.79. The lowest BCUT2D eigenvalue weighted by molar-refractivity contribution is 0.0958. The lowest BCUT2D eigenvalue weighted by atomic mass is 10.2. The Morgan fingerprint density at radius 2 is 2.19 bits per heavy atom. The molecule has 5 N–H and O–H groups in total. The van der Waals surface area contributed by atoms with Gasteiger partial charge in [-0.2, -0.15) is 0 Å². The summed E-state index contributed by atoms with van der Waals surface area (Å²) in [6.07, 6.45) is 1.92. The van der Waals surface area contributed by atoms with Crippen molar-refractivity contribution in [2.45, 2.75) is 13.3 Å². The molecule has 0 aliphatic rings. The largest absolute Gasteiger partial charge is 0.397 e. The average molecular weight is 328 g/mol. The lowest BCUT2D eigenvalue weighted by Crippen LogP contribution is -2.27. The van der Waals surface area contributed by atoms with Crippen molar-refractivity contribution in [3.63, 3.8) is 0 Å². The summed E-state index contributed by atoms with van der Waals surface area (Å²) in [5.74, 6) is -0.500. The number of aromatic nitrogens is 1. The van der Waals surface area contributed by atoms with Crippen molar-refractivity contribution in [1.82, 2.24) is 10.3 Å². The number of fused-ring (bicyclic) bond motifs is 1. The van der Waals surface area contributed by atoms with Crippen molar-refractivity contribution in [3.8, 4) is 0 Å². The van der Waals surface area contributed by atoms with E-state index in [1.54, 1.807) is 6.20 Å². The van der Waals surface area contributed by atoms with Crippen molar-refractivity contribution in [1.29, 1.82) is 0 Å². The predicted octanol–water partition coefficient (Wildman–Crippen LogP) is 0.595. The molecule has 0 aliphatic heterocycles. The second-order valence-corrected chi connectivity index (χ2v) is 7.36. The molecule has 2 aromatic heterocycles. The van der Waals surface area contributed by atoms with Gasteiger partial charge in [-0.3, -0.25) is 4.79 Å². The van der Waals surface area contributed by atoms with Crippen LogP contribution in [0, 0.1) is 6.92 Å². The van der Waals surface area contributed by atoms with E-state index in [9.17, 15) is 13.2 Å². The van der Waals surface area contributed by atoms with Crippen LogP contribution in [0.5, 0.6) is 0 Å². The Labute approximate surface area is 126 Å². The molecule has 1 amide bonds. The highest BCUT2D eigenvalue weighted by Crippen LogP contribution is 2.34. The highest BCUT2D eigenvalue weighted by Gasteiger charge is 2.18. The molecule has 0 saturated carbocycles. The van der Waals surface area contributed by atoms with Gasteiger partial charge in [0, 0.05) is 18.1 Å². The molecule has 0 aromatic carbocycles. The smallest absolute Gasteiger partial charge is 0.263 e. The molecule has 2 rings (SSSR count). The first-order valence-electron chi connectivity index (χ1n) is 6.22. The van der Waals surface area contributed by atoms with Gasteiger partial charge in [-0.1, -0.05) is 0 Å². The van der Waals surface area contributed by atoms with Gasteiger partial charge in [0.2, 0.25) is 10.0 Å². The number of carbonyl (C=O) groups is 1. The number of amides is 1. The number of nitrogens with one attached hydrogen (secondary N) is 1. The van der Waals surface area contributed by atoms with Crippen LogP contribution in [0.4, 0.5) is 5.69 Å². The zero-order valence-electron chi connectivity index (χ0n) is 11.4. The van der Waals surface area contributed by atoms with E-state index in [0.29, 0.717) is 15.4 Å². The van der Waals surface area contributed by atoms with E-state index in [1.807, 2.05) is 13.0 Å². The van der Waals surface area contributed by atoms with Crippen LogP contribution in [0.25, 0.3) is 10.2 Å². The first kappa shape index (κ1) is 15.7. The van der Waals surface area contributed by atoms with Gasteiger partial charge >= 0.3 is 0 Å². The minimum absolute atomic E-state index is 0.171. The van der Waals surface area contributed by atoms with Crippen molar-refractivity contribution in [3.05, 3.63) is 22.7 Å². The molecule has 0 aliphatic carbocycles. The van der Waals surface area contributed by atoms with Crippen LogP contribution in [-0.4, -0.2) is 31.6 Å². The third-order valence-corrected chi connectivity index (χ3v) is 4.90. The van der Waals surface area contributed by atoms with Crippen molar-refractivity contribution >= 4 is 43.2 Å². The minimum atomic E-state index is -3.50. The summed E-state index contributed by atoms with van der Waals surface area (Å²) in [6, 6.07) is 1.83. The van der Waals surface area contributed by atoms with E-state index in [1.165, 1.54) is 11.3 Å². The summed E-state index contributed by atoms with van der Waals surface area (Å²) in [5, 5.41) is 8.31. The monoisotopic (exact) mass is 328 g/mol. The molecule has 7 nitrogen and oxygen atoms in total. The number of nitrogens with zero attached hydrogens (tertiary/aromatic N) is 1. The Morgan fingerprint density at radius 1 is 1.48 bits per heavy atom. The molecule has 2 aromatic rings. The van der Waals surface area contributed by atoms with E-state index < -0.39 is 10.0 Å². The van der Waals surface area contributed by atoms with Gasteiger partial charge in [0.1, 0.15) is 9.71 Å². The molecular formula is C12H16N4O3S2. The van der Waals surface area contributed by atoms with Crippen LogP contribution in [0.2, 0.25) is 0 Å². The fourth-order valence-electron chi connectivity index (χ4n) is 1.93. The normalized spacial score (nSPS) is 11.7. The number of hydrogen-bond acceptors (Lipinski definition) is 6. The first-order valence-corrected chi connectivity index (χ1v) is 8.75. The maximum absolute atomic E-state index is 12.1. The number of carbonyl (C=O) groups excluding carboxylic acids is 1. The Balaban J connectivity index is 2.10. The molecule has 0 unspecified atom stereocenters. The van der Waals surface area contributed by atoms with E-state index >= 15 is 0 Å². The Hall–Kier alpha value is -1.71. The quantitative estimate of drug-likeness (QED) is 0.692. The number of hydrogen-bond donors (Lipinski definition) is 3. The number of anilines is 1. The molecular weight excluding hydrogens is 312 g/mol. The molecule has 114 valence electrons. The lowest BCUT2D eigenvalue weighted by Gasteiger charge is -2.03. The van der Waals surface area contributed by atoms with E-state index in [4.69, 9.17) is 10.9 Å². The Morgan fingerprint density at radius 3 is 2.81 bits per heavy atom. The summed E-state index contributed by atoms with van der Waals surface area (Å²) >= 11 is 1.22. The summed E-state index contributed by atoms with van der Waals surface area (Å²) in [4.78, 5) is 17.4. The van der Waals surface area contributed by atoms with Gasteiger partial charge in [-0.25, -0.2) is 18.5 Å². The molecule has 0 fully saturated rings. The zero-order chi connectivity index (χ0) is 15.6. The van der Waals surface area contributed by atoms with E-state index in [-0.39, 0.29) is 24.6 Å². The van der Waals surface area contributed by atoms with Gasteiger partial charge in [-0.05, 0) is 25.0 Å². The molecule has 0 atom stereocenters. The third kappa shape index (κ3) is 3.69. The second kappa shape index (κ2) is 5.96. The average Bonchev–Trinajstić information content (AvgIpc) is 2.72. The number of aryl methyl sites for hydroxylation is 1. The van der Waals surface area contributed by atoms with Crippen LogP contribution >= 0.6 is 11.3 Å². The van der Waals surface area contributed by atoms with Crippen molar-refractivity contribution in [2.75, 3.05) is 18.0 Å². The van der Waals surface area contributed by atoms with Crippen molar-refractivity contribution < 1.29 is 13.2 Å². The topological polar surface area (TPSA) is 128 Å². The third-order valence-electron chi connectivity index (χ3n) is 2.93. The van der Waals surface area contributed by atoms with Crippen LogP contribution in [0.15, 0.2) is 12.3 Å². The minimum Gasteiger partial charge on any atom is -0.397 e. The summed E-state index contributed by atoms with van der Waals surface area (Å²) in [5.41, 5.74) is 7.38. The zero-order valence-corrected chi connectivity index (χ0v) is 13.1. The van der Waals surface area contributed by atoms with Crippen molar-refractivity contribution in [2.24, 2.45) is 5.14 Å². The highest BCUT2D eigenvalue weighted by molar-refractivity contribution is 7.89. The number of primary sulfonamides is 1. The van der Waals surface area contributed by atoms with Crippen LogP contribution < -0.4 is 16.2 Å². The maximum atomic E-state index is 12.1. The van der Waals surface area contributed by atoms with Crippen LogP contribution in [0.3, 0.4) is 0 Å². The fraction of sp³-hybridized carbons (Fsp3) is 0.333. The van der Waals surface area contributed by atoms with Gasteiger partial charge in [0.15, 0.2) is 0 Å². The molecule has 0 bridgehead atoms. The number of sulfonamides is 1.